The second kappa shape index (κ2) is 3.89. The molecular formula is C12H15F2N. The maximum absolute atomic E-state index is 13.6. The van der Waals surface area contributed by atoms with Crippen molar-refractivity contribution in [3.8, 4) is 0 Å². The van der Waals surface area contributed by atoms with Crippen LogP contribution in [0.2, 0.25) is 0 Å². The molecule has 0 saturated carbocycles. The van der Waals surface area contributed by atoms with Crippen LogP contribution in [0, 0.1) is 11.6 Å². The Hall–Kier alpha value is -0.960. The molecule has 1 atom stereocenters. The molecule has 0 aliphatic carbocycles. The van der Waals surface area contributed by atoms with E-state index in [-0.39, 0.29) is 5.56 Å². The van der Waals surface area contributed by atoms with Gasteiger partial charge in [0.2, 0.25) is 0 Å². The lowest BCUT2D eigenvalue weighted by Gasteiger charge is -2.35. The predicted molar refractivity (Wildman–Crippen MR) is 55.8 cm³/mol. The van der Waals surface area contributed by atoms with Crippen LogP contribution in [0.1, 0.15) is 25.3 Å². The largest absolute Gasteiger partial charge is 0.316 e. The van der Waals surface area contributed by atoms with E-state index in [0.29, 0.717) is 6.54 Å². The van der Waals surface area contributed by atoms with Gasteiger partial charge >= 0.3 is 0 Å². The second-order valence-corrected chi connectivity index (χ2v) is 4.44. The summed E-state index contributed by atoms with van der Waals surface area (Å²) in [6.45, 7) is 3.50. The van der Waals surface area contributed by atoms with Crippen molar-refractivity contribution in [3.63, 3.8) is 0 Å². The average molecular weight is 211 g/mol. The van der Waals surface area contributed by atoms with Gasteiger partial charge in [0.15, 0.2) is 0 Å². The first kappa shape index (κ1) is 10.6. The lowest BCUT2D eigenvalue weighted by atomic mass is 9.76. The van der Waals surface area contributed by atoms with E-state index in [1.165, 1.54) is 18.2 Å². The maximum atomic E-state index is 13.6. The number of hydrogen-bond donors (Lipinski definition) is 1. The quantitative estimate of drug-likeness (QED) is 0.753. The molecule has 1 aliphatic rings. The molecule has 1 nitrogen and oxygen atoms in total. The zero-order valence-corrected chi connectivity index (χ0v) is 8.82. The maximum Gasteiger partial charge on any atom is 0.129 e. The number of rotatable bonds is 1. The van der Waals surface area contributed by atoms with E-state index in [1.54, 1.807) is 0 Å². The lowest BCUT2D eigenvalue weighted by molar-refractivity contribution is 0.317. The van der Waals surface area contributed by atoms with Crippen LogP contribution in [0.5, 0.6) is 0 Å². The molecule has 1 aliphatic heterocycles. The van der Waals surface area contributed by atoms with Crippen molar-refractivity contribution in [3.05, 3.63) is 35.4 Å². The van der Waals surface area contributed by atoms with E-state index < -0.39 is 17.0 Å². The molecule has 0 aromatic heterocycles. The van der Waals surface area contributed by atoms with Crippen LogP contribution in [-0.4, -0.2) is 13.1 Å². The molecule has 3 heteroatoms. The summed E-state index contributed by atoms with van der Waals surface area (Å²) in [5.41, 5.74) is -0.176. The van der Waals surface area contributed by atoms with Gasteiger partial charge in [0.05, 0.1) is 0 Å². The second-order valence-electron chi connectivity index (χ2n) is 4.44. The minimum atomic E-state index is -0.429. The molecule has 2 rings (SSSR count). The van der Waals surface area contributed by atoms with E-state index in [9.17, 15) is 8.78 Å². The molecule has 1 N–H and O–H groups in total. The molecule has 0 bridgehead atoms. The Morgan fingerprint density at radius 1 is 1.27 bits per heavy atom. The van der Waals surface area contributed by atoms with E-state index in [4.69, 9.17) is 0 Å². The minimum Gasteiger partial charge on any atom is -0.316 e. The van der Waals surface area contributed by atoms with Crippen LogP contribution in [0.25, 0.3) is 0 Å². The van der Waals surface area contributed by atoms with Crippen LogP contribution in [0.15, 0.2) is 18.2 Å². The Morgan fingerprint density at radius 2 is 1.93 bits per heavy atom. The highest BCUT2D eigenvalue weighted by Gasteiger charge is 2.33. The topological polar surface area (TPSA) is 12.0 Å². The summed E-state index contributed by atoms with van der Waals surface area (Å²) in [6, 6.07) is 4.07. The van der Waals surface area contributed by atoms with Gasteiger partial charge in [0, 0.05) is 17.5 Å². The Labute approximate surface area is 88.5 Å². The molecular weight excluding hydrogens is 196 g/mol. The monoisotopic (exact) mass is 211 g/mol. The molecule has 0 radical (unpaired) electrons. The van der Waals surface area contributed by atoms with Crippen molar-refractivity contribution in [1.82, 2.24) is 5.32 Å². The van der Waals surface area contributed by atoms with Crippen molar-refractivity contribution in [2.45, 2.75) is 25.2 Å². The minimum absolute atomic E-state index is 0.234. The van der Waals surface area contributed by atoms with Crippen molar-refractivity contribution in [1.29, 1.82) is 0 Å². The first-order chi connectivity index (χ1) is 7.13. The Bertz CT molecular complexity index is 336. The molecule has 1 aromatic carbocycles. The Balaban J connectivity index is 2.42. The van der Waals surface area contributed by atoms with E-state index in [0.717, 1.165) is 19.4 Å². The van der Waals surface area contributed by atoms with Crippen molar-refractivity contribution in [2.24, 2.45) is 0 Å². The zero-order valence-electron chi connectivity index (χ0n) is 8.82. The molecule has 0 spiro atoms. The van der Waals surface area contributed by atoms with Crippen LogP contribution >= 0.6 is 0 Å². The average Bonchev–Trinajstić information content (AvgIpc) is 2.18. The summed E-state index contributed by atoms with van der Waals surface area (Å²) in [4.78, 5) is 0. The lowest BCUT2D eigenvalue weighted by Crippen LogP contribution is -2.42. The molecule has 1 heterocycles. The third-order valence-corrected chi connectivity index (χ3v) is 3.16. The summed E-state index contributed by atoms with van der Waals surface area (Å²) in [5, 5.41) is 3.19. The smallest absolute Gasteiger partial charge is 0.129 e. The van der Waals surface area contributed by atoms with Crippen molar-refractivity contribution >= 4 is 0 Å². The van der Waals surface area contributed by atoms with Gasteiger partial charge < -0.3 is 5.32 Å². The standard InChI is InChI=1S/C12H15F2N/c1-12(6-3-7-15-8-12)11-9(13)4-2-5-10(11)14/h2,4-5,15H,3,6-8H2,1H3. The third kappa shape index (κ3) is 1.88. The van der Waals surface area contributed by atoms with Crippen LogP contribution in [0.4, 0.5) is 8.78 Å². The van der Waals surface area contributed by atoms with Crippen molar-refractivity contribution in [2.75, 3.05) is 13.1 Å². The number of benzene rings is 1. The molecule has 0 amide bonds. The molecule has 15 heavy (non-hydrogen) atoms. The van der Waals surface area contributed by atoms with Crippen LogP contribution in [-0.2, 0) is 5.41 Å². The summed E-state index contributed by atoms with van der Waals surface area (Å²) in [7, 11) is 0. The van der Waals surface area contributed by atoms with Crippen molar-refractivity contribution < 1.29 is 8.78 Å². The first-order valence-corrected chi connectivity index (χ1v) is 5.29. The Kier molecular flexibility index (Phi) is 2.74. The van der Waals surface area contributed by atoms with Gasteiger partial charge in [0.25, 0.3) is 0 Å². The number of halogens is 2. The normalized spacial score (nSPS) is 26.6. The van der Waals surface area contributed by atoms with Crippen LogP contribution in [0.3, 0.4) is 0 Å². The Morgan fingerprint density at radius 3 is 2.47 bits per heavy atom. The third-order valence-electron chi connectivity index (χ3n) is 3.16. The summed E-state index contributed by atoms with van der Waals surface area (Å²) >= 11 is 0. The highest BCUT2D eigenvalue weighted by atomic mass is 19.1. The van der Waals surface area contributed by atoms with Gasteiger partial charge in [-0.1, -0.05) is 13.0 Å². The molecule has 1 fully saturated rings. The molecule has 1 saturated heterocycles. The van der Waals surface area contributed by atoms with Gasteiger partial charge in [-0.15, -0.1) is 0 Å². The van der Waals surface area contributed by atoms with Gasteiger partial charge in [-0.3, -0.25) is 0 Å². The zero-order chi connectivity index (χ0) is 10.9. The highest BCUT2D eigenvalue weighted by Crippen LogP contribution is 2.33. The summed E-state index contributed by atoms with van der Waals surface area (Å²) in [6.07, 6.45) is 1.79. The summed E-state index contributed by atoms with van der Waals surface area (Å²) < 4.78 is 27.2. The van der Waals surface area contributed by atoms with Gasteiger partial charge in [-0.25, -0.2) is 8.78 Å². The van der Waals surface area contributed by atoms with E-state index in [2.05, 4.69) is 5.32 Å². The highest BCUT2D eigenvalue weighted by molar-refractivity contribution is 5.29. The van der Waals surface area contributed by atoms with E-state index >= 15 is 0 Å². The number of piperidine rings is 1. The van der Waals surface area contributed by atoms with Crippen LogP contribution < -0.4 is 5.32 Å². The predicted octanol–water partition coefficient (Wildman–Crippen LogP) is 2.61. The van der Waals surface area contributed by atoms with Gasteiger partial charge in [-0.05, 0) is 31.5 Å². The number of nitrogens with one attached hydrogen (secondary N) is 1. The van der Waals surface area contributed by atoms with Gasteiger partial charge in [-0.2, -0.15) is 0 Å². The molecule has 82 valence electrons. The molecule has 1 unspecified atom stereocenters. The first-order valence-electron chi connectivity index (χ1n) is 5.29. The van der Waals surface area contributed by atoms with Gasteiger partial charge in [0.1, 0.15) is 11.6 Å². The fourth-order valence-electron chi connectivity index (χ4n) is 2.34. The summed E-state index contributed by atoms with van der Waals surface area (Å²) in [5.74, 6) is -0.859. The fraction of sp³-hybridized carbons (Fsp3) is 0.500. The number of hydrogen-bond acceptors (Lipinski definition) is 1. The SMILES string of the molecule is CC1(c2c(F)cccc2F)CCCNC1. The van der Waals surface area contributed by atoms with E-state index in [1.807, 2.05) is 6.92 Å². The fourth-order valence-corrected chi connectivity index (χ4v) is 2.34. The molecule has 1 aromatic rings.